The van der Waals surface area contributed by atoms with Crippen LogP contribution < -0.4 is 10.3 Å². The summed E-state index contributed by atoms with van der Waals surface area (Å²) in [6.45, 7) is 3.02. The van der Waals surface area contributed by atoms with E-state index in [1.165, 1.54) is 23.5 Å². The molecule has 5 aromatic rings. The first kappa shape index (κ1) is 24.5. The standard InChI is InChI=1S/C25H22F3N7O2S/c26-25(27,28)37-18-7-5-17(6-8-18)22-32-35-21(30-31-24(35)38-22)16-9-11-33(12-10-16)13-14-34-15-29-20-4-2-1-3-19(20)23(34)36/h1-8,15-16H,9-14H2. The van der Waals surface area contributed by atoms with Crippen molar-refractivity contribution in [2.45, 2.75) is 31.7 Å². The summed E-state index contributed by atoms with van der Waals surface area (Å²) in [5.74, 6) is 0.691. The second kappa shape index (κ2) is 9.80. The van der Waals surface area contributed by atoms with Crippen molar-refractivity contribution >= 4 is 27.2 Å². The van der Waals surface area contributed by atoms with Crippen molar-refractivity contribution in [3.63, 3.8) is 0 Å². The Labute approximate surface area is 218 Å². The lowest BCUT2D eigenvalue weighted by Crippen LogP contribution is -2.37. The predicted octanol–water partition coefficient (Wildman–Crippen LogP) is 4.34. The SMILES string of the molecule is O=c1c2ccccc2ncn1CCN1CCC(c2nnc3sc(-c4ccc(OC(F)(F)F)cc4)nn23)CC1. The van der Waals surface area contributed by atoms with Crippen LogP contribution >= 0.6 is 11.3 Å². The predicted molar refractivity (Wildman–Crippen MR) is 135 cm³/mol. The molecule has 4 heterocycles. The van der Waals surface area contributed by atoms with Crippen molar-refractivity contribution in [2.24, 2.45) is 0 Å². The van der Waals surface area contributed by atoms with E-state index in [2.05, 4.69) is 29.9 Å². The van der Waals surface area contributed by atoms with Crippen molar-refractivity contribution in [3.05, 3.63) is 71.0 Å². The Bertz CT molecular complexity index is 1640. The highest BCUT2D eigenvalue weighted by atomic mass is 32.1. The van der Waals surface area contributed by atoms with Crippen molar-refractivity contribution < 1.29 is 17.9 Å². The molecule has 0 aliphatic carbocycles. The molecule has 1 saturated heterocycles. The number of para-hydroxylation sites is 1. The van der Waals surface area contributed by atoms with E-state index in [-0.39, 0.29) is 17.2 Å². The van der Waals surface area contributed by atoms with Crippen molar-refractivity contribution in [1.82, 2.24) is 34.3 Å². The minimum absolute atomic E-state index is 0.0295. The van der Waals surface area contributed by atoms with Gasteiger partial charge in [0.1, 0.15) is 10.8 Å². The van der Waals surface area contributed by atoms with Gasteiger partial charge in [-0.1, -0.05) is 23.5 Å². The fourth-order valence-electron chi connectivity index (χ4n) is 4.73. The van der Waals surface area contributed by atoms with Gasteiger partial charge in [0.25, 0.3) is 5.56 Å². The molecule has 38 heavy (non-hydrogen) atoms. The van der Waals surface area contributed by atoms with Crippen LogP contribution in [-0.4, -0.2) is 60.3 Å². The average Bonchev–Trinajstić information content (AvgIpc) is 3.50. The van der Waals surface area contributed by atoms with E-state index in [0.717, 1.165) is 38.3 Å². The number of rotatable bonds is 6. The van der Waals surface area contributed by atoms with Gasteiger partial charge in [-0.15, -0.1) is 23.4 Å². The molecule has 0 radical (unpaired) electrons. The van der Waals surface area contributed by atoms with Crippen LogP contribution in [0.25, 0.3) is 26.4 Å². The number of aromatic nitrogens is 6. The third-order valence-electron chi connectivity index (χ3n) is 6.69. The normalized spacial score (nSPS) is 15.4. The topological polar surface area (TPSA) is 90.4 Å². The van der Waals surface area contributed by atoms with Gasteiger partial charge in [0, 0.05) is 24.6 Å². The maximum atomic E-state index is 12.7. The molecule has 6 rings (SSSR count). The molecular formula is C25H22F3N7O2S. The Hall–Kier alpha value is -3.84. The van der Waals surface area contributed by atoms with Gasteiger partial charge in [-0.25, -0.2) is 4.98 Å². The molecule has 0 amide bonds. The Balaban J connectivity index is 1.09. The maximum absolute atomic E-state index is 12.7. The zero-order valence-corrected chi connectivity index (χ0v) is 20.8. The maximum Gasteiger partial charge on any atom is 0.573 e. The van der Waals surface area contributed by atoms with Crippen molar-refractivity contribution in [1.29, 1.82) is 0 Å². The molecule has 0 spiro atoms. The quantitative estimate of drug-likeness (QED) is 0.316. The van der Waals surface area contributed by atoms with Crippen molar-refractivity contribution in [3.8, 4) is 16.3 Å². The first-order valence-electron chi connectivity index (χ1n) is 12.1. The number of fused-ring (bicyclic) bond motifs is 2. The fourth-order valence-corrected chi connectivity index (χ4v) is 5.58. The minimum Gasteiger partial charge on any atom is -0.406 e. The molecule has 1 fully saturated rings. The van der Waals surface area contributed by atoms with E-state index in [1.54, 1.807) is 33.6 Å². The summed E-state index contributed by atoms with van der Waals surface area (Å²) in [4.78, 5) is 20.1. The number of halogens is 3. The van der Waals surface area contributed by atoms with Crippen LogP contribution in [0.3, 0.4) is 0 Å². The lowest BCUT2D eigenvalue weighted by molar-refractivity contribution is -0.274. The molecule has 0 saturated carbocycles. The minimum atomic E-state index is -4.73. The summed E-state index contributed by atoms with van der Waals surface area (Å²) in [7, 11) is 0. The second-order valence-electron chi connectivity index (χ2n) is 9.11. The summed E-state index contributed by atoms with van der Waals surface area (Å²) in [6.07, 6.45) is -1.37. The molecule has 1 aliphatic heterocycles. The van der Waals surface area contributed by atoms with E-state index in [1.807, 2.05) is 18.2 Å². The van der Waals surface area contributed by atoms with Gasteiger partial charge in [0.15, 0.2) is 5.82 Å². The third-order valence-corrected chi connectivity index (χ3v) is 7.64. The van der Waals surface area contributed by atoms with Gasteiger partial charge in [-0.05, 0) is 62.3 Å². The number of hydrogen-bond donors (Lipinski definition) is 0. The molecule has 13 heteroatoms. The summed E-state index contributed by atoms with van der Waals surface area (Å²) in [5, 5.41) is 14.5. The van der Waals surface area contributed by atoms with Crippen LogP contribution in [0.5, 0.6) is 5.75 Å². The molecule has 0 bridgehead atoms. The number of hydrogen-bond acceptors (Lipinski definition) is 8. The molecule has 3 aromatic heterocycles. The number of nitrogens with zero attached hydrogens (tertiary/aromatic N) is 7. The number of likely N-dealkylation sites (tertiary alicyclic amines) is 1. The molecular weight excluding hydrogens is 519 g/mol. The van der Waals surface area contributed by atoms with Gasteiger partial charge in [-0.3, -0.25) is 9.36 Å². The van der Waals surface area contributed by atoms with Crippen LogP contribution in [0.2, 0.25) is 0 Å². The first-order chi connectivity index (χ1) is 18.3. The van der Waals surface area contributed by atoms with E-state index >= 15 is 0 Å². The largest absolute Gasteiger partial charge is 0.573 e. The van der Waals surface area contributed by atoms with Crippen LogP contribution in [-0.2, 0) is 6.54 Å². The van der Waals surface area contributed by atoms with Gasteiger partial charge in [0.2, 0.25) is 4.96 Å². The highest BCUT2D eigenvalue weighted by Gasteiger charge is 2.31. The molecule has 9 nitrogen and oxygen atoms in total. The summed E-state index contributed by atoms with van der Waals surface area (Å²) in [6, 6.07) is 13.0. The highest BCUT2D eigenvalue weighted by molar-refractivity contribution is 7.19. The van der Waals surface area contributed by atoms with Gasteiger partial charge < -0.3 is 9.64 Å². The zero-order chi connectivity index (χ0) is 26.3. The number of ether oxygens (including phenoxy) is 1. The lowest BCUT2D eigenvalue weighted by Gasteiger charge is -2.30. The number of alkyl halides is 3. The van der Waals surface area contributed by atoms with E-state index in [4.69, 9.17) is 0 Å². The van der Waals surface area contributed by atoms with Crippen LogP contribution in [0, 0.1) is 0 Å². The summed E-state index contributed by atoms with van der Waals surface area (Å²) < 4.78 is 44.6. The van der Waals surface area contributed by atoms with Gasteiger partial charge >= 0.3 is 6.36 Å². The van der Waals surface area contributed by atoms with E-state index in [9.17, 15) is 18.0 Å². The van der Waals surface area contributed by atoms with Crippen LogP contribution in [0.1, 0.15) is 24.6 Å². The van der Waals surface area contributed by atoms with Crippen LogP contribution in [0.15, 0.2) is 59.7 Å². The monoisotopic (exact) mass is 541 g/mol. The van der Waals surface area contributed by atoms with Gasteiger partial charge in [-0.2, -0.15) is 9.61 Å². The lowest BCUT2D eigenvalue weighted by atomic mass is 9.96. The third kappa shape index (κ3) is 4.98. The van der Waals surface area contributed by atoms with Gasteiger partial charge in [0.05, 0.1) is 17.2 Å². The average molecular weight is 542 g/mol. The molecule has 2 aromatic carbocycles. The Morgan fingerprint density at radius 3 is 2.53 bits per heavy atom. The number of benzene rings is 2. The van der Waals surface area contributed by atoms with Crippen molar-refractivity contribution in [2.75, 3.05) is 19.6 Å². The van der Waals surface area contributed by atoms with Crippen LogP contribution in [0.4, 0.5) is 13.2 Å². The zero-order valence-electron chi connectivity index (χ0n) is 20.0. The Morgan fingerprint density at radius 2 is 1.76 bits per heavy atom. The molecule has 0 atom stereocenters. The molecule has 196 valence electrons. The summed E-state index contributed by atoms with van der Waals surface area (Å²) >= 11 is 1.33. The first-order valence-corrected chi connectivity index (χ1v) is 12.9. The summed E-state index contributed by atoms with van der Waals surface area (Å²) in [5.41, 5.74) is 1.35. The Kier molecular flexibility index (Phi) is 6.32. The molecule has 1 aliphatic rings. The molecule has 0 unspecified atom stereocenters. The second-order valence-corrected chi connectivity index (χ2v) is 10.1. The van der Waals surface area contributed by atoms with E-state index in [0.29, 0.717) is 33.0 Å². The smallest absolute Gasteiger partial charge is 0.406 e. The number of piperidine rings is 1. The van der Waals surface area contributed by atoms with E-state index < -0.39 is 6.36 Å². The highest BCUT2D eigenvalue weighted by Crippen LogP contribution is 2.32. The molecule has 0 N–H and O–H groups in total. The Morgan fingerprint density at radius 1 is 1.00 bits per heavy atom. The fraction of sp³-hybridized carbons (Fsp3) is 0.320.